The van der Waals surface area contributed by atoms with E-state index in [4.69, 9.17) is 19.6 Å². The van der Waals surface area contributed by atoms with Crippen LogP contribution >= 0.6 is 0 Å². The van der Waals surface area contributed by atoms with Gasteiger partial charge in [0.25, 0.3) is 6.01 Å². The van der Waals surface area contributed by atoms with Crippen LogP contribution in [0.4, 0.5) is 16.1 Å². The molecule has 2 aromatic carbocycles. The Morgan fingerprint density at radius 2 is 1.84 bits per heavy atom. The fraction of sp³-hybridized carbons (Fsp3) is 0.435. The zero-order valence-electron chi connectivity index (χ0n) is 18.0. The molecule has 0 saturated carbocycles. The lowest BCUT2D eigenvalue weighted by Gasteiger charge is -2.32. The number of para-hydroxylation sites is 1. The molecule has 1 fully saturated rings. The van der Waals surface area contributed by atoms with Crippen molar-refractivity contribution in [2.24, 2.45) is 0 Å². The van der Waals surface area contributed by atoms with Gasteiger partial charge in [-0.25, -0.2) is 0 Å². The van der Waals surface area contributed by atoms with Gasteiger partial charge in [-0.3, -0.25) is 4.90 Å². The Bertz CT molecular complexity index is 1000. The average molecular weight is 429 g/mol. The summed E-state index contributed by atoms with van der Waals surface area (Å²) in [6.07, 6.45) is 1.90. The fourth-order valence-corrected chi connectivity index (χ4v) is 3.94. The largest absolute Gasteiger partial charge is 0.491 e. The first-order chi connectivity index (χ1) is 15.1. The molecule has 0 unspecified atom stereocenters. The lowest BCUT2D eigenvalue weighted by atomic mass is 10.0. The molecule has 0 amide bonds. The third kappa shape index (κ3) is 4.85. The Balaban J connectivity index is 1.37. The van der Waals surface area contributed by atoms with Crippen LogP contribution in [-0.4, -0.2) is 42.2 Å². The van der Waals surface area contributed by atoms with Gasteiger partial charge in [0.1, 0.15) is 5.52 Å². The lowest BCUT2D eigenvalue weighted by molar-refractivity contribution is 0.209. The summed E-state index contributed by atoms with van der Waals surface area (Å²) in [4.78, 5) is 6.82. The maximum atomic E-state index is 14.5. The second-order valence-corrected chi connectivity index (χ2v) is 7.68. The summed E-state index contributed by atoms with van der Waals surface area (Å²) in [5, 5.41) is 3.39. The van der Waals surface area contributed by atoms with Gasteiger partial charge in [-0.2, -0.15) is 9.37 Å². The highest BCUT2D eigenvalue weighted by Gasteiger charge is 2.22. The molecule has 4 rings (SSSR count). The molecule has 1 saturated heterocycles. The van der Waals surface area contributed by atoms with Crippen LogP contribution in [0.25, 0.3) is 11.1 Å². The third-order valence-corrected chi connectivity index (χ3v) is 5.44. The molecule has 3 aromatic rings. The number of ether oxygens (including phenoxy) is 2. The summed E-state index contributed by atoms with van der Waals surface area (Å²) in [7, 11) is 0. The van der Waals surface area contributed by atoms with Crippen molar-refractivity contribution < 1.29 is 18.3 Å². The van der Waals surface area contributed by atoms with E-state index < -0.39 is 5.82 Å². The Kier molecular flexibility index (Phi) is 6.46. The van der Waals surface area contributed by atoms with E-state index in [1.165, 1.54) is 0 Å². The van der Waals surface area contributed by atoms with Gasteiger partial charge in [-0.1, -0.05) is 6.07 Å². The van der Waals surface area contributed by atoms with E-state index in [0.29, 0.717) is 42.6 Å². The number of nitrogen functional groups attached to an aromatic ring is 1. The Labute approximate surface area is 181 Å². The number of halogens is 1. The van der Waals surface area contributed by atoms with E-state index >= 15 is 0 Å². The Hall–Kier alpha value is -3.00. The standard InChI is InChI=1S/C23H29FN4O3/c1-3-29-19-12-15(13-20(21(19)24)30-4-2)14-28-10-8-16(9-11-28)26-23-27-22-17(25)6-5-7-18(22)31-23/h5-7,12-13,16H,3-4,8-11,14,25H2,1-2H3,(H,26,27). The first-order valence-corrected chi connectivity index (χ1v) is 10.8. The number of fused-ring (bicyclic) bond motifs is 1. The van der Waals surface area contributed by atoms with Gasteiger partial charge in [0, 0.05) is 25.7 Å². The first-order valence-electron chi connectivity index (χ1n) is 10.8. The molecule has 31 heavy (non-hydrogen) atoms. The summed E-state index contributed by atoms with van der Waals surface area (Å²) in [5.41, 5.74) is 8.93. The zero-order valence-corrected chi connectivity index (χ0v) is 18.0. The molecule has 166 valence electrons. The van der Waals surface area contributed by atoms with Gasteiger partial charge in [-0.05, 0) is 56.5 Å². The van der Waals surface area contributed by atoms with Crippen LogP contribution < -0.4 is 20.5 Å². The number of hydrogen-bond donors (Lipinski definition) is 2. The van der Waals surface area contributed by atoms with Gasteiger partial charge in [-0.15, -0.1) is 0 Å². The summed E-state index contributed by atoms with van der Waals surface area (Å²) in [6.45, 7) is 7.03. The molecule has 2 heterocycles. The first kappa shape index (κ1) is 21.2. The smallest absolute Gasteiger partial charge is 0.295 e. The molecule has 3 N–H and O–H groups in total. The summed E-state index contributed by atoms with van der Waals surface area (Å²) in [6, 6.07) is 9.86. The van der Waals surface area contributed by atoms with Crippen molar-refractivity contribution in [1.29, 1.82) is 0 Å². The summed E-state index contributed by atoms with van der Waals surface area (Å²) < 4.78 is 31.2. The minimum atomic E-state index is -0.436. The number of likely N-dealkylation sites (tertiary alicyclic amines) is 1. The molecule has 8 heteroatoms. The van der Waals surface area contributed by atoms with Crippen LogP contribution in [0.15, 0.2) is 34.7 Å². The lowest BCUT2D eigenvalue weighted by Crippen LogP contribution is -2.38. The van der Waals surface area contributed by atoms with Crippen LogP contribution in [-0.2, 0) is 6.54 Å². The molecule has 1 aromatic heterocycles. The molecule has 0 bridgehead atoms. The van der Waals surface area contributed by atoms with Crippen molar-refractivity contribution in [1.82, 2.24) is 9.88 Å². The molecule has 1 aliphatic heterocycles. The van der Waals surface area contributed by atoms with Gasteiger partial charge >= 0.3 is 0 Å². The van der Waals surface area contributed by atoms with E-state index in [9.17, 15) is 4.39 Å². The van der Waals surface area contributed by atoms with Gasteiger partial charge in [0.2, 0.25) is 5.82 Å². The number of nitrogens with one attached hydrogen (secondary N) is 1. The van der Waals surface area contributed by atoms with Crippen LogP contribution in [0, 0.1) is 5.82 Å². The third-order valence-electron chi connectivity index (χ3n) is 5.44. The van der Waals surface area contributed by atoms with Crippen molar-refractivity contribution in [2.75, 3.05) is 37.4 Å². The van der Waals surface area contributed by atoms with E-state index in [2.05, 4.69) is 15.2 Å². The number of nitrogens with zero attached hydrogens (tertiary/aromatic N) is 2. The number of aromatic nitrogens is 1. The minimum absolute atomic E-state index is 0.246. The normalized spacial score (nSPS) is 15.3. The molecule has 1 aliphatic rings. The number of oxazole rings is 1. The van der Waals surface area contributed by atoms with E-state index in [1.54, 1.807) is 12.1 Å². The Morgan fingerprint density at radius 1 is 1.16 bits per heavy atom. The van der Waals surface area contributed by atoms with Crippen LogP contribution in [0.3, 0.4) is 0 Å². The maximum absolute atomic E-state index is 14.5. The molecule has 0 radical (unpaired) electrons. The molecule has 0 atom stereocenters. The number of nitrogens with two attached hydrogens (primary N) is 1. The molecule has 7 nitrogen and oxygen atoms in total. The van der Waals surface area contributed by atoms with Crippen LogP contribution in [0.1, 0.15) is 32.3 Å². The number of hydrogen-bond acceptors (Lipinski definition) is 7. The zero-order chi connectivity index (χ0) is 21.8. The SMILES string of the molecule is CCOc1cc(CN2CCC(Nc3nc4c(N)cccc4o3)CC2)cc(OCC)c1F. The van der Waals surface area contributed by atoms with Gasteiger partial charge < -0.3 is 24.9 Å². The average Bonchev–Trinajstić information content (AvgIpc) is 3.17. The highest BCUT2D eigenvalue weighted by molar-refractivity contribution is 5.86. The van der Waals surface area contributed by atoms with Crippen molar-refractivity contribution in [3.05, 3.63) is 41.7 Å². The number of rotatable bonds is 8. The highest BCUT2D eigenvalue weighted by atomic mass is 19.1. The quantitative estimate of drug-likeness (QED) is 0.514. The molecular weight excluding hydrogens is 399 g/mol. The van der Waals surface area contributed by atoms with Crippen molar-refractivity contribution in [2.45, 2.75) is 39.3 Å². The number of benzene rings is 2. The fourth-order valence-electron chi connectivity index (χ4n) is 3.94. The van der Waals surface area contributed by atoms with Crippen molar-refractivity contribution in [3.63, 3.8) is 0 Å². The summed E-state index contributed by atoms with van der Waals surface area (Å²) in [5.74, 6) is 0.0554. The van der Waals surface area contributed by atoms with Crippen LogP contribution in [0.5, 0.6) is 11.5 Å². The van der Waals surface area contributed by atoms with E-state index in [1.807, 2.05) is 32.0 Å². The van der Waals surface area contributed by atoms with Gasteiger partial charge in [0.15, 0.2) is 17.1 Å². The van der Waals surface area contributed by atoms with E-state index in [-0.39, 0.29) is 17.5 Å². The number of piperidine rings is 1. The van der Waals surface area contributed by atoms with Crippen molar-refractivity contribution >= 4 is 22.8 Å². The van der Waals surface area contributed by atoms with E-state index in [0.717, 1.165) is 31.5 Å². The second-order valence-electron chi connectivity index (χ2n) is 7.68. The Morgan fingerprint density at radius 3 is 2.45 bits per heavy atom. The van der Waals surface area contributed by atoms with Crippen LogP contribution in [0.2, 0.25) is 0 Å². The highest BCUT2D eigenvalue weighted by Crippen LogP contribution is 2.30. The predicted octanol–water partition coefficient (Wildman–Crippen LogP) is 4.42. The second kappa shape index (κ2) is 9.43. The predicted molar refractivity (Wildman–Crippen MR) is 119 cm³/mol. The van der Waals surface area contributed by atoms with Gasteiger partial charge in [0.05, 0.1) is 18.9 Å². The molecular formula is C23H29FN4O3. The maximum Gasteiger partial charge on any atom is 0.295 e. The monoisotopic (exact) mass is 428 g/mol. The molecule has 0 spiro atoms. The number of anilines is 2. The van der Waals surface area contributed by atoms with Crippen molar-refractivity contribution in [3.8, 4) is 11.5 Å². The summed E-state index contributed by atoms with van der Waals surface area (Å²) >= 11 is 0. The molecule has 0 aliphatic carbocycles. The topological polar surface area (TPSA) is 85.8 Å². The minimum Gasteiger partial charge on any atom is -0.491 e.